The van der Waals surface area contributed by atoms with Gasteiger partial charge in [0.15, 0.2) is 0 Å². The van der Waals surface area contributed by atoms with Crippen LogP contribution in [0.5, 0.6) is 0 Å². The first kappa shape index (κ1) is 41.7. The molecule has 8 atom stereocenters. The van der Waals surface area contributed by atoms with Gasteiger partial charge in [0.2, 0.25) is 23.6 Å². The van der Waals surface area contributed by atoms with Crippen LogP contribution in [0.25, 0.3) is 0 Å². The van der Waals surface area contributed by atoms with Gasteiger partial charge in [0.05, 0.1) is 42.7 Å². The van der Waals surface area contributed by atoms with Crippen LogP contribution in [0.15, 0.2) is 0 Å². The van der Waals surface area contributed by atoms with Crippen LogP contribution in [-0.2, 0) is 28.7 Å². The summed E-state index contributed by atoms with van der Waals surface area (Å²) in [6.45, 7) is 15.5. The summed E-state index contributed by atoms with van der Waals surface area (Å²) in [5.74, 6) is -1.14. The van der Waals surface area contributed by atoms with Crippen LogP contribution in [0, 0.1) is 23.7 Å². The largest absolute Gasteiger partial charge is 0.379 e. The van der Waals surface area contributed by atoms with Crippen LogP contribution in [-0.4, -0.2) is 137 Å². The van der Waals surface area contributed by atoms with Crippen LogP contribution in [0.3, 0.4) is 0 Å². The van der Waals surface area contributed by atoms with E-state index < -0.39 is 36.3 Å². The minimum Gasteiger partial charge on any atom is -0.379 e. The second-order valence-electron chi connectivity index (χ2n) is 13.9. The zero-order valence-corrected chi connectivity index (χ0v) is 31.0. The number of rotatable bonds is 20. The van der Waals surface area contributed by atoms with E-state index in [9.17, 15) is 19.2 Å². The van der Waals surface area contributed by atoms with E-state index in [1.54, 1.807) is 33.2 Å². The summed E-state index contributed by atoms with van der Waals surface area (Å²) >= 11 is 0. The normalized spacial score (nSPS) is 19.8. The van der Waals surface area contributed by atoms with E-state index in [0.29, 0.717) is 13.1 Å². The molecular weight excluding hydrogens is 588 g/mol. The number of carbonyl (C=O) groups is 4. The lowest BCUT2D eigenvalue weighted by molar-refractivity contribution is -0.147. The van der Waals surface area contributed by atoms with E-state index in [4.69, 9.17) is 9.47 Å². The summed E-state index contributed by atoms with van der Waals surface area (Å²) in [5, 5.41) is 9.02. The molecular formula is C34H66N6O6. The Morgan fingerprint density at radius 2 is 1.52 bits per heavy atom. The summed E-state index contributed by atoms with van der Waals surface area (Å²) in [6.07, 6.45) is 1.37. The van der Waals surface area contributed by atoms with Crippen molar-refractivity contribution in [1.82, 2.24) is 30.7 Å². The Morgan fingerprint density at radius 3 is 2.00 bits per heavy atom. The molecule has 46 heavy (non-hydrogen) atoms. The molecule has 0 aromatic carbocycles. The third-order valence-electron chi connectivity index (χ3n) is 9.61. The predicted molar refractivity (Wildman–Crippen MR) is 182 cm³/mol. The van der Waals surface area contributed by atoms with Crippen molar-refractivity contribution in [2.75, 3.05) is 62.0 Å². The summed E-state index contributed by atoms with van der Waals surface area (Å²) in [4.78, 5) is 59.6. The predicted octanol–water partition coefficient (Wildman–Crippen LogP) is 1.97. The maximum Gasteiger partial charge on any atom is 0.245 e. The number of carbonyl (C=O) groups excluding carboxylic acids is 4. The van der Waals surface area contributed by atoms with Crippen molar-refractivity contribution in [2.45, 2.75) is 111 Å². The summed E-state index contributed by atoms with van der Waals surface area (Å²) in [7, 11) is 10.6. The monoisotopic (exact) mass is 655 g/mol. The van der Waals surface area contributed by atoms with Gasteiger partial charge in [0, 0.05) is 40.9 Å². The number of hydrogen-bond acceptors (Lipinski definition) is 8. The van der Waals surface area contributed by atoms with Gasteiger partial charge in [-0.05, 0) is 51.7 Å². The minimum absolute atomic E-state index is 0.0166. The van der Waals surface area contributed by atoms with Crippen LogP contribution in [0.1, 0.15) is 74.1 Å². The highest BCUT2D eigenvalue weighted by molar-refractivity contribution is 5.90. The number of hydrogen-bond donors (Lipinski definition) is 3. The molecule has 0 bridgehead atoms. The summed E-state index contributed by atoms with van der Waals surface area (Å²) < 4.78 is 11.8. The van der Waals surface area contributed by atoms with Gasteiger partial charge in [-0.1, -0.05) is 54.9 Å². The van der Waals surface area contributed by atoms with Crippen molar-refractivity contribution in [1.29, 1.82) is 0 Å². The topological polar surface area (TPSA) is 133 Å². The van der Waals surface area contributed by atoms with Crippen molar-refractivity contribution in [3.8, 4) is 0 Å². The van der Waals surface area contributed by atoms with Crippen LogP contribution < -0.4 is 16.0 Å². The maximum absolute atomic E-state index is 14.0. The second kappa shape index (κ2) is 20.2. The fourth-order valence-electron chi connectivity index (χ4n) is 6.61. The van der Waals surface area contributed by atoms with Gasteiger partial charge in [-0.25, -0.2) is 0 Å². The van der Waals surface area contributed by atoms with E-state index in [1.807, 2.05) is 58.5 Å². The Kier molecular flexibility index (Phi) is 18.3. The van der Waals surface area contributed by atoms with Crippen LogP contribution >= 0.6 is 0 Å². The third kappa shape index (κ3) is 11.5. The van der Waals surface area contributed by atoms with E-state index in [2.05, 4.69) is 29.8 Å². The Bertz CT molecular complexity index is 962. The van der Waals surface area contributed by atoms with E-state index >= 15 is 0 Å². The van der Waals surface area contributed by atoms with Gasteiger partial charge in [0.25, 0.3) is 0 Å². The highest BCUT2D eigenvalue weighted by atomic mass is 16.5. The molecule has 12 nitrogen and oxygen atoms in total. The Balaban J connectivity index is 3.20. The zero-order valence-electron chi connectivity index (χ0n) is 31.0. The molecule has 1 rings (SSSR count). The Morgan fingerprint density at radius 1 is 0.913 bits per heavy atom. The summed E-state index contributed by atoms with van der Waals surface area (Å²) in [5.41, 5.74) is 0. The Hall–Kier alpha value is -2.28. The van der Waals surface area contributed by atoms with Gasteiger partial charge < -0.3 is 40.1 Å². The molecule has 0 saturated carbocycles. The molecule has 1 saturated heterocycles. The number of likely N-dealkylation sites (N-methyl/N-ethyl adjacent to an activating group) is 3. The molecule has 3 N–H and O–H groups in total. The van der Waals surface area contributed by atoms with E-state index in [-0.39, 0.29) is 53.8 Å². The van der Waals surface area contributed by atoms with Gasteiger partial charge in [-0.3, -0.25) is 19.2 Å². The van der Waals surface area contributed by atoms with Crippen molar-refractivity contribution in [3.63, 3.8) is 0 Å². The molecule has 0 spiro atoms. The van der Waals surface area contributed by atoms with E-state index in [0.717, 1.165) is 25.8 Å². The average molecular weight is 655 g/mol. The molecule has 4 amide bonds. The molecule has 1 aliphatic heterocycles. The fraction of sp³-hybridized carbons (Fsp3) is 0.882. The van der Waals surface area contributed by atoms with Gasteiger partial charge in [-0.2, -0.15) is 0 Å². The first-order chi connectivity index (χ1) is 21.6. The highest BCUT2D eigenvalue weighted by Gasteiger charge is 2.43. The third-order valence-corrected chi connectivity index (χ3v) is 9.61. The number of nitrogens with zero attached hydrogens (tertiary/aromatic N) is 3. The number of ether oxygens (including phenoxy) is 2. The maximum atomic E-state index is 14.0. The van der Waals surface area contributed by atoms with Crippen LogP contribution in [0.4, 0.5) is 0 Å². The molecule has 268 valence electrons. The molecule has 1 fully saturated rings. The Labute approximate surface area is 279 Å². The molecule has 1 heterocycles. The molecule has 0 aliphatic carbocycles. The number of amides is 4. The number of likely N-dealkylation sites (tertiary alicyclic amines) is 1. The second-order valence-corrected chi connectivity index (χ2v) is 13.9. The standard InChI is InChI=1S/C34H66N6O6/c1-14-23(6)30(39(11)34(44)29(22(4)5)37-33(43)28(35-8)21(2)3)26(45-12)20-27(41)40-18-15-16-25(40)31(46-13)24(7)32(42)36-17-19-38(9)10/h21-26,28-31,35H,14-20H2,1-13H3,(H,36,42)(H,37,43)/t23-,24+,25-,26+,28-,29?,30-,31+/m0/s1. The lowest BCUT2D eigenvalue weighted by Crippen LogP contribution is -2.59. The molecule has 0 aromatic rings. The van der Waals surface area contributed by atoms with Crippen molar-refractivity contribution >= 4 is 23.6 Å². The smallest absolute Gasteiger partial charge is 0.245 e. The molecule has 1 aliphatic rings. The summed E-state index contributed by atoms with van der Waals surface area (Å²) in [6, 6.07) is -1.81. The van der Waals surface area contributed by atoms with Crippen LogP contribution in [0.2, 0.25) is 0 Å². The molecule has 1 unspecified atom stereocenters. The molecule has 0 radical (unpaired) electrons. The quantitative estimate of drug-likeness (QED) is 0.182. The average Bonchev–Trinajstić information content (AvgIpc) is 3.48. The first-order valence-corrected chi connectivity index (χ1v) is 17.1. The number of methoxy groups -OCH3 is 2. The van der Waals surface area contributed by atoms with Gasteiger partial charge in [0.1, 0.15) is 6.04 Å². The number of nitrogens with one attached hydrogen (secondary N) is 3. The van der Waals surface area contributed by atoms with Gasteiger partial charge in [-0.15, -0.1) is 0 Å². The van der Waals surface area contributed by atoms with Crippen molar-refractivity contribution in [3.05, 3.63) is 0 Å². The fourth-order valence-corrected chi connectivity index (χ4v) is 6.61. The molecule has 12 heteroatoms. The van der Waals surface area contributed by atoms with Crippen molar-refractivity contribution in [2.24, 2.45) is 23.7 Å². The SMILES string of the molecule is CC[C@H](C)[C@@H]([C@@H](CC(=O)N1CCC[C@H]1[C@H](OC)[C@@H](C)C(=O)NCCN(C)C)OC)N(C)C(=O)C(NC(=O)[C@@H](NC)C(C)C)C(C)C. The van der Waals surface area contributed by atoms with Gasteiger partial charge >= 0.3 is 0 Å². The van der Waals surface area contributed by atoms with Crippen molar-refractivity contribution < 1.29 is 28.7 Å². The molecule has 0 aromatic heterocycles. The lowest BCUT2D eigenvalue weighted by Gasteiger charge is -2.41. The lowest BCUT2D eigenvalue weighted by atomic mass is 9.89. The minimum atomic E-state index is -0.734. The van der Waals surface area contributed by atoms with E-state index in [1.165, 1.54) is 0 Å². The first-order valence-electron chi connectivity index (χ1n) is 17.1. The zero-order chi connectivity index (χ0) is 35.3. The highest BCUT2D eigenvalue weighted by Crippen LogP contribution is 2.29.